The zero-order valence-electron chi connectivity index (χ0n) is 22.1. The molecule has 1 amide bonds. The van der Waals surface area contributed by atoms with Crippen LogP contribution in [0.25, 0.3) is 16.0 Å². The maximum atomic E-state index is 13.6. The number of aromatic nitrogens is 1. The number of rotatable bonds is 6. The first-order valence-corrected chi connectivity index (χ1v) is 13.5. The molecule has 1 saturated heterocycles. The topological polar surface area (TPSA) is 79.7 Å². The van der Waals surface area contributed by atoms with Crippen molar-refractivity contribution in [1.82, 2.24) is 4.98 Å². The molecule has 0 unspecified atom stereocenters. The number of fused-ring (bicyclic) bond motifs is 1. The second-order valence-electron chi connectivity index (χ2n) is 9.87. The highest BCUT2D eigenvalue weighted by Crippen LogP contribution is 2.45. The lowest BCUT2D eigenvalue weighted by Gasteiger charge is -2.23. The smallest absolute Gasteiger partial charge is 0.301 e. The summed E-state index contributed by atoms with van der Waals surface area (Å²) in [6.07, 6.45) is 0. The lowest BCUT2D eigenvalue weighted by atomic mass is 9.93. The quantitative estimate of drug-likeness (QED) is 0.165. The predicted octanol–water partition coefficient (Wildman–Crippen LogP) is 7.06. The number of thiazole rings is 1. The van der Waals surface area contributed by atoms with Crippen LogP contribution in [0.1, 0.15) is 60.5 Å². The van der Waals surface area contributed by atoms with Crippen LogP contribution < -0.4 is 9.64 Å². The van der Waals surface area contributed by atoms with Gasteiger partial charge in [0.1, 0.15) is 11.5 Å². The molecular formula is C31H30N2O4S. The molecule has 194 valence electrons. The molecule has 1 aliphatic rings. The Bertz CT molecular complexity index is 1570. The molecule has 0 spiro atoms. The average Bonchev–Trinajstić information content (AvgIpc) is 3.43. The third kappa shape index (κ3) is 4.47. The SMILES string of the molecule is CCOc1ccc(C(O)=C2C(=O)C(=O)N(c3nc4c(C)cc(C)cc4s3)[C@H]2c2ccc(C(C)C)cc2)cc1. The second-order valence-corrected chi connectivity index (χ2v) is 10.9. The molecule has 2 heterocycles. The number of ketones is 1. The van der Waals surface area contributed by atoms with E-state index in [9.17, 15) is 14.7 Å². The number of aliphatic hydroxyl groups excluding tert-OH is 1. The van der Waals surface area contributed by atoms with Crippen molar-refractivity contribution in [2.45, 2.75) is 46.6 Å². The first kappa shape index (κ1) is 25.7. The Balaban J connectivity index is 1.69. The van der Waals surface area contributed by atoms with Gasteiger partial charge in [0, 0.05) is 5.56 Å². The molecule has 38 heavy (non-hydrogen) atoms. The number of carbonyl (C=O) groups excluding carboxylic acids is 2. The molecule has 1 aliphatic heterocycles. The van der Waals surface area contributed by atoms with Crippen molar-refractivity contribution in [2.75, 3.05) is 11.5 Å². The lowest BCUT2D eigenvalue weighted by molar-refractivity contribution is -0.132. The molecule has 4 aromatic rings. The summed E-state index contributed by atoms with van der Waals surface area (Å²) in [5, 5.41) is 11.8. The van der Waals surface area contributed by atoms with Gasteiger partial charge in [0.2, 0.25) is 0 Å². The Morgan fingerprint density at radius 2 is 1.74 bits per heavy atom. The molecule has 6 nitrogen and oxygen atoms in total. The largest absolute Gasteiger partial charge is 0.507 e. The molecule has 7 heteroatoms. The van der Waals surface area contributed by atoms with E-state index in [0.717, 1.165) is 32.5 Å². The van der Waals surface area contributed by atoms with Gasteiger partial charge in [-0.05, 0) is 79.3 Å². The van der Waals surface area contributed by atoms with E-state index in [1.165, 1.54) is 16.2 Å². The summed E-state index contributed by atoms with van der Waals surface area (Å²) in [4.78, 5) is 33.3. The third-order valence-electron chi connectivity index (χ3n) is 6.83. The van der Waals surface area contributed by atoms with E-state index in [1.807, 2.05) is 57.2 Å². The van der Waals surface area contributed by atoms with Gasteiger partial charge in [0.05, 0.1) is 28.4 Å². The van der Waals surface area contributed by atoms with E-state index >= 15 is 0 Å². The highest BCUT2D eigenvalue weighted by molar-refractivity contribution is 7.22. The summed E-state index contributed by atoms with van der Waals surface area (Å²) < 4.78 is 6.46. The van der Waals surface area contributed by atoms with Crippen molar-refractivity contribution in [3.63, 3.8) is 0 Å². The number of hydrogen-bond donors (Lipinski definition) is 1. The molecule has 3 aromatic carbocycles. The Morgan fingerprint density at radius 1 is 1.05 bits per heavy atom. The Hall–Kier alpha value is -3.97. The highest BCUT2D eigenvalue weighted by Gasteiger charge is 2.48. The number of Topliss-reactive ketones (excluding diaryl/α,β-unsaturated/α-hetero) is 1. The predicted molar refractivity (Wildman–Crippen MR) is 152 cm³/mol. The van der Waals surface area contributed by atoms with Crippen molar-refractivity contribution in [2.24, 2.45) is 0 Å². The van der Waals surface area contributed by atoms with Crippen molar-refractivity contribution in [3.05, 3.63) is 94.1 Å². The van der Waals surface area contributed by atoms with Gasteiger partial charge >= 0.3 is 5.91 Å². The van der Waals surface area contributed by atoms with E-state index in [0.29, 0.717) is 29.0 Å². The van der Waals surface area contributed by atoms with E-state index in [-0.39, 0.29) is 11.3 Å². The summed E-state index contributed by atoms with van der Waals surface area (Å²) in [6, 6.07) is 18.0. The Morgan fingerprint density at radius 3 is 2.37 bits per heavy atom. The first-order chi connectivity index (χ1) is 18.2. The molecular weight excluding hydrogens is 496 g/mol. The van der Waals surface area contributed by atoms with Crippen LogP contribution in [0.5, 0.6) is 5.75 Å². The van der Waals surface area contributed by atoms with Crippen LogP contribution in [0.15, 0.2) is 66.2 Å². The van der Waals surface area contributed by atoms with E-state index in [2.05, 4.69) is 13.8 Å². The average molecular weight is 527 g/mol. The van der Waals surface area contributed by atoms with Crippen molar-refractivity contribution in [1.29, 1.82) is 0 Å². The van der Waals surface area contributed by atoms with Gasteiger partial charge < -0.3 is 9.84 Å². The van der Waals surface area contributed by atoms with Crippen LogP contribution in [-0.2, 0) is 9.59 Å². The van der Waals surface area contributed by atoms with Crippen molar-refractivity contribution in [3.8, 4) is 5.75 Å². The molecule has 0 radical (unpaired) electrons. The Kier molecular flexibility index (Phi) is 6.80. The monoisotopic (exact) mass is 526 g/mol. The molecule has 0 aliphatic carbocycles. The Labute approximate surface area is 226 Å². The molecule has 1 N–H and O–H groups in total. The number of ether oxygens (including phenoxy) is 1. The number of nitrogens with zero attached hydrogens (tertiary/aromatic N) is 2. The van der Waals surface area contributed by atoms with Gasteiger partial charge in [0.15, 0.2) is 5.13 Å². The lowest BCUT2D eigenvalue weighted by Crippen LogP contribution is -2.29. The minimum absolute atomic E-state index is 0.0450. The number of aryl methyl sites for hydroxylation is 2. The van der Waals surface area contributed by atoms with Crippen LogP contribution in [-0.4, -0.2) is 28.4 Å². The minimum atomic E-state index is -0.815. The van der Waals surface area contributed by atoms with Crippen LogP contribution in [0, 0.1) is 13.8 Å². The molecule has 5 rings (SSSR count). The van der Waals surface area contributed by atoms with Crippen LogP contribution >= 0.6 is 11.3 Å². The first-order valence-electron chi connectivity index (χ1n) is 12.7. The van der Waals surface area contributed by atoms with Crippen LogP contribution in [0.2, 0.25) is 0 Å². The summed E-state index contributed by atoms with van der Waals surface area (Å²) >= 11 is 1.37. The third-order valence-corrected chi connectivity index (χ3v) is 7.83. The van der Waals surface area contributed by atoms with Gasteiger partial charge in [-0.1, -0.05) is 55.5 Å². The summed E-state index contributed by atoms with van der Waals surface area (Å²) in [5.41, 5.74) is 5.26. The van der Waals surface area contributed by atoms with Gasteiger partial charge in [-0.25, -0.2) is 4.98 Å². The highest BCUT2D eigenvalue weighted by atomic mass is 32.1. The second kappa shape index (κ2) is 10.1. The number of carbonyl (C=O) groups is 2. The van der Waals surface area contributed by atoms with Crippen molar-refractivity contribution < 1.29 is 19.4 Å². The van der Waals surface area contributed by atoms with E-state index < -0.39 is 17.7 Å². The minimum Gasteiger partial charge on any atom is -0.507 e. The van der Waals surface area contributed by atoms with Crippen LogP contribution in [0.4, 0.5) is 5.13 Å². The number of aliphatic hydroxyl groups is 1. The van der Waals surface area contributed by atoms with Gasteiger partial charge in [-0.2, -0.15) is 0 Å². The number of anilines is 1. The van der Waals surface area contributed by atoms with E-state index in [4.69, 9.17) is 9.72 Å². The van der Waals surface area contributed by atoms with Crippen LogP contribution in [0.3, 0.4) is 0 Å². The summed E-state index contributed by atoms with van der Waals surface area (Å²) in [6.45, 7) is 10.6. The maximum absolute atomic E-state index is 13.6. The fourth-order valence-corrected chi connectivity index (χ4v) is 6.07. The fraction of sp³-hybridized carbons (Fsp3) is 0.258. The standard InChI is InChI=1S/C31H30N2O4S/c1-6-37-23-13-11-22(12-14-23)28(34)25-27(21-9-7-20(8-10-21)17(2)3)33(30(36)29(25)35)31-32-26-19(5)15-18(4)16-24(26)38-31/h7-17,27,34H,6H2,1-5H3/t27-/m0/s1. The van der Waals surface area contributed by atoms with Crippen molar-refractivity contribution >= 4 is 44.1 Å². The summed E-state index contributed by atoms with van der Waals surface area (Å²) in [5.74, 6) is -0.675. The molecule has 1 atom stereocenters. The van der Waals surface area contributed by atoms with Gasteiger partial charge in [-0.3, -0.25) is 14.5 Å². The molecule has 1 aromatic heterocycles. The number of benzene rings is 3. The fourth-order valence-electron chi connectivity index (χ4n) is 4.90. The normalized spacial score (nSPS) is 17.1. The molecule has 0 bridgehead atoms. The zero-order chi connectivity index (χ0) is 27.1. The number of hydrogen-bond acceptors (Lipinski definition) is 6. The van der Waals surface area contributed by atoms with E-state index in [1.54, 1.807) is 24.3 Å². The molecule has 1 fully saturated rings. The summed E-state index contributed by atoms with van der Waals surface area (Å²) in [7, 11) is 0. The molecule has 0 saturated carbocycles. The number of amides is 1. The van der Waals surface area contributed by atoms with Gasteiger partial charge in [0.25, 0.3) is 5.78 Å². The van der Waals surface area contributed by atoms with Gasteiger partial charge in [-0.15, -0.1) is 0 Å². The maximum Gasteiger partial charge on any atom is 0.301 e. The zero-order valence-corrected chi connectivity index (χ0v) is 22.9.